The molecule has 1 unspecified atom stereocenters. The lowest BCUT2D eigenvalue weighted by Crippen LogP contribution is -2.52. The molecule has 7 N–H and O–H groups in total. The van der Waals surface area contributed by atoms with Crippen molar-refractivity contribution in [2.75, 3.05) is 6.54 Å². The number of nitrogens with one attached hydrogen (secondary N) is 2. The molecule has 1 aromatic heterocycles. The van der Waals surface area contributed by atoms with Crippen LogP contribution in [0.2, 0.25) is 0 Å². The van der Waals surface area contributed by atoms with Gasteiger partial charge < -0.3 is 45.8 Å². The molecule has 0 radical (unpaired) electrons. The highest BCUT2D eigenvalue weighted by atomic mass is 16.7. The Bertz CT molecular complexity index is 1770. The molecule has 45 heavy (non-hydrogen) atoms. The van der Waals surface area contributed by atoms with Crippen molar-refractivity contribution in [2.45, 2.75) is 94.7 Å². The van der Waals surface area contributed by atoms with Gasteiger partial charge in [-0.05, 0) is 76.2 Å². The summed E-state index contributed by atoms with van der Waals surface area (Å²) in [6.07, 6.45) is 11.1. The molecule has 2 saturated heterocycles. The van der Waals surface area contributed by atoms with E-state index in [0.717, 1.165) is 24.0 Å². The molecule has 5 aliphatic heterocycles. The molecule has 5 aliphatic rings. The summed E-state index contributed by atoms with van der Waals surface area (Å²) in [5.74, 6) is 1.11. The SMILES string of the molecule is Cc1cc(=O)c2c(O)c3c(cc2o1)OC(C)(C)[C@@H]1OC(=O)[C@@]2(CCCC[C@@H]31)O[C@@H]2CCC1=CC(C2=CCNC(N)=C2)NC(N)=C1. The average molecular weight is 617 g/mol. The van der Waals surface area contributed by atoms with Crippen molar-refractivity contribution >= 4 is 16.9 Å². The lowest BCUT2D eigenvalue weighted by molar-refractivity contribution is -0.170. The molecule has 0 saturated carbocycles. The smallest absolute Gasteiger partial charge is 0.341 e. The Labute approximate surface area is 260 Å². The normalized spacial score (nSPS) is 30.3. The highest BCUT2D eigenvalue weighted by Crippen LogP contribution is 2.53. The number of hydrogen-bond acceptors (Lipinski definition) is 11. The number of aryl methyl sites for hydroxylation is 1. The van der Waals surface area contributed by atoms with Gasteiger partial charge in [-0.2, -0.15) is 0 Å². The van der Waals surface area contributed by atoms with Crippen LogP contribution in [0.25, 0.3) is 11.0 Å². The highest BCUT2D eigenvalue weighted by molar-refractivity contribution is 5.88. The number of fused-ring (bicyclic) bond motifs is 4. The van der Waals surface area contributed by atoms with E-state index in [4.69, 9.17) is 30.1 Å². The van der Waals surface area contributed by atoms with Gasteiger partial charge in [0.15, 0.2) is 11.0 Å². The molecule has 1 spiro atoms. The van der Waals surface area contributed by atoms with Crippen molar-refractivity contribution in [1.29, 1.82) is 0 Å². The third-order valence-electron chi connectivity index (χ3n) is 9.68. The number of carbonyl (C=O) groups excluding carboxylic acids is 1. The summed E-state index contributed by atoms with van der Waals surface area (Å²) in [5, 5.41) is 17.9. The average Bonchev–Trinajstić information content (AvgIpc) is 3.67. The van der Waals surface area contributed by atoms with Gasteiger partial charge in [0, 0.05) is 30.2 Å². The predicted octanol–water partition coefficient (Wildman–Crippen LogP) is 3.49. The number of aromatic hydroxyl groups is 1. The maximum absolute atomic E-state index is 13.9. The van der Waals surface area contributed by atoms with Gasteiger partial charge in [0.2, 0.25) is 0 Å². The molecular weight excluding hydrogens is 576 g/mol. The highest BCUT2D eigenvalue weighted by Gasteiger charge is 2.64. The quantitative estimate of drug-likeness (QED) is 0.251. The van der Waals surface area contributed by atoms with Gasteiger partial charge in [0.25, 0.3) is 0 Å². The van der Waals surface area contributed by atoms with Crippen LogP contribution in [0.4, 0.5) is 0 Å². The lowest BCUT2D eigenvalue weighted by Gasteiger charge is -2.44. The van der Waals surface area contributed by atoms with Crippen molar-refractivity contribution in [2.24, 2.45) is 11.5 Å². The first-order valence-electron chi connectivity index (χ1n) is 15.7. The zero-order valence-electron chi connectivity index (χ0n) is 25.8. The Morgan fingerprint density at radius 2 is 1.93 bits per heavy atom. The van der Waals surface area contributed by atoms with Crippen LogP contribution >= 0.6 is 0 Å². The van der Waals surface area contributed by atoms with E-state index in [1.165, 1.54) is 6.07 Å². The second-order valence-electron chi connectivity index (χ2n) is 13.3. The first kappa shape index (κ1) is 29.3. The number of allylic oxidation sites excluding steroid dienone is 2. The number of esters is 1. The van der Waals surface area contributed by atoms with E-state index < -0.39 is 23.3 Å². The first-order chi connectivity index (χ1) is 21.4. The zero-order chi connectivity index (χ0) is 31.7. The number of carbonyl (C=O) groups is 1. The Morgan fingerprint density at radius 3 is 2.73 bits per heavy atom. The molecule has 5 atom stereocenters. The first-order valence-corrected chi connectivity index (χ1v) is 15.7. The molecule has 0 aliphatic carbocycles. The number of hydrogen-bond donors (Lipinski definition) is 5. The Morgan fingerprint density at radius 1 is 1.11 bits per heavy atom. The van der Waals surface area contributed by atoms with Crippen LogP contribution in [0.15, 0.2) is 68.4 Å². The molecule has 0 bridgehead atoms. The molecule has 2 fully saturated rings. The third-order valence-corrected chi connectivity index (χ3v) is 9.68. The van der Waals surface area contributed by atoms with Crippen molar-refractivity contribution in [1.82, 2.24) is 10.6 Å². The number of benzene rings is 1. The standard InChI is InChI=1S/C34H40N4O7/c1-17-12-22(39)29-23(42-17)16-24-28(30(29)40)20-6-4-5-10-34(32(41)43-31(20)33(2,3)44-24)25(45-34)8-7-18-13-21(38-27(36)14-18)19-9-11-37-26(35)15-19/h9,12-16,20-21,25,31,37-38,40H,4-8,10-11,35-36H2,1-3H3/t20-,21?,25+,31+,34-/m0/s1. The summed E-state index contributed by atoms with van der Waals surface area (Å²) in [6, 6.07) is 2.94. The van der Waals surface area contributed by atoms with Gasteiger partial charge in [-0.25, -0.2) is 4.79 Å². The van der Waals surface area contributed by atoms with Gasteiger partial charge >= 0.3 is 5.97 Å². The van der Waals surface area contributed by atoms with Crippen molar-refractivity contribution in [3.8, 4) is 11.5 Å². The largest absolute Gasteiger partial charge is 0.507 e. The molecule has 2 aromatic rings. The van der Waals surface area contributed by atoms with E-state index in [2.05, 4.69) is 22.8 Å². The fourth-order valence-electron chi connectivity index (χ4n) is 7.49. The van der Waals surface area contributed by atoms with Gasteiger partial charge in [-0.3, -0.25) is 4.79 Å². The van der Waals surface area contributed by atoms with Crippen LogP contribution in [-0.4, -0.2) is 47.1 Å². The second-order valence-corrected chi connectivity index (χ2v) is 13.3. The van der Waals surface area contributed by atoms with E-state index >= 15 is 0 Å². The molecule has 238 valence electrons. The number of rotatable bonds is 4. The molecule has 6 heterocycles. The summed E-state index contributed by atoms with van der Waals surface area (Å²) < 4.78 is 24.6. The Kier molecular flexibility index (Phi) is 6.92. The molecule has 7 rings (SSSR count). The minimum Gasteiger partial charge on any atom is -0.507 e. The second kappa shape index (κ2) is 10.6. The topological polar surface area (TPSA) is 175 Å². The van der Waals surface area contributed by atoms with E-state index in [9.17, 15) is 14.7 Å². The van der Waals surface area contributed by atoms with Crippen molar-refractivity contribution in [3.63, 3.8) is 0 Å². The maximum Gasteiger partial charge on any atom is 0.341 e. The summed E-state index contributed by atoms with van der Waals surface area (Å²) >= 11 is 0. The van der Waals surface area contributed by atoms with Crippen molar-refractivity contribution < 1.29 is 28.5 Å². The van der Waals surface area contributed by atoms with Gasteiger partial charge in [0.05, 0.1) is 23.8 Å². The zero-order valence-corrected chi connectivity index (χ0v) is 25.8. The summed E-state index contributed by atoms with van der Waals surface area (Å²) in [4.78, 5) is 26.8. The fraction of sp³-hybridized carbons (Fsp3) is 0.471. The minimum absolute atomic E-state index is 0.0909. The van der Waals surface area contributed by atoms with E-state index in [1.54, 1.807) is 13.0 Å². The van der Waals surface area contributed by atoms with Crippen LogP contribution < -0.4 is 32.3 Å². The number of phenolic OH excluding ortho intramolecular Hbond substituents is 1. The summed E-state index contributed by atoms with van der Waals surface area (Å²) in [6.45, 7) is 6.10. The Hall–Kier alpha value is -4.38. The maximum atomic E-state index is 13.9. The minimum atomic E-state index is -1.02. The predicted molar refractivity (Wildman–Crippen MR) is 167 cm³/mol. The number of dihydropyridines is 2. The van der Waals surface area contributed by atoms with Gasteiger partial charge in [-0.1, -0.05) is 18.6 Å². The van der Waals surface area contributed by atoms with Crippen LogP contribution in [-0.2, 0) is 14.3 Å². The third kappa shape index (κ3) is 5.12. The number of phenols is 1. The molecule has 0 amide bonds. The monoisotopic (exact) mass is 616 g/mol. The number of ether oxygens (including phenoxy) is 3. The van der Waals surface area contributed by atoms with Crippen LogP contribution in [0, 0.1) is 6.92 Å². The number of nitrogens with two attached hydrogens (primary N) is 2. The van der Waals surface area contributed by atoms with Crippen LogP contribution in [0.5, 0.6) is 11.5 Å². The van der Waals surface area contributed by atoms with Gasteiger partial charge in [-0.15, -0.1) is 0 Å². The van der Waals surface area contributed by atoms with E-state index in [0.29, 0.717) is 60.9 Å². The van der Waals surface area contributed by atoms with E-state index in [-0.39, 0.29) is 40.2 Å². The Balaban J connectivity index is 1.11. The molecule has 11 heteroatoms. The molecule has 1 aromatic carbocycles. The van der Waals surface area contributed by atoms with Crippen LogP contribution in [0.3, 0.4) is 0 Å². The molecular formula is C34H40N4O7. The summed E-state index contributed by atoms with van der Waals surface area (Å²) in [7, 11) is 0. The van der Waals surface area contributed by atoms with Crippen LogP contribution in [0.1, 0.15) is 69.6 Å². The lowest BCUT2D eigenvalue weighted by atomic mass is 9.77. The van der Waals surface area contributed by atoms with Crippen molar-refractivity contribution in [3.05, 3.63) is 80.8 Å². The summed E-state index contributed by atoms with van der Waals surface area (Å²) in [5.41, 5.74) is 12.8. The number of epoxide rings is 1. The fourth-order valence-corrected chi connectivity index (χ4v) is 7.49. The van der Waals surface area contributed by atoms with E-state index in [1.807, 2.05) is 26.0 Å². The van der Waals surface area contributed by atoms with Gasteiger partial charge in [0.1, 0.15) is 39.9 Å². The molecule has 11 nitrogen and oxygen atoms in total.